The monoisotopic (exact) mass is 275 g/mol. The van der Waals surface area contributed by atoms with Gasteiger partial charge in [-0.25, -0.2) is 0 Å². The zero-order chi connectivity index (χ0) is 13.4. The van der Waals surface area contributed by atoms with E-state index in [9.17, 15) is 5.11 Å². The van der Waals surface area contributed by atoms with Crippen molar-refractivity contribution in [1.29, 1.82) is 0 Å². The fourth-order valence-corrected chi connectivity index (χ4v) is 4.83. The van der Waals surface area contributed by atoms with Gasteiger partial charge in [-0.2, -0.15) is 0 Å². The van der Waals surface area contributed by atoms with E-state index in [1.165, 1.54) is 32.4 Å². The summed E-state index contributed by atoms with van der Waals surface area (Å²) >= 11 is 0. The molecule has 0 saturated carbocycles. The standard InChI is InChI=1S/C13H29NO3Si/c1-4-16-18(3,17-5-2)13(15)9-12-14-10-7-6-8-11-14/h13,15H,4-12H2,1-3H3. The molecule has 1 aliphatic rings. The van der Waals surface area contributed by atoms with E-state index in [-0.39, 0.29) is 0 Å². The predicted octanol–water partition coefficient (Wildman–Crippen LogP) is 1.91. The summed E-state index contributed by atoms with van der Waals surface area (Å²) in [6, 6.07) is 0. The van der Waals surface area contributed by atoms with Crippen LogP contribution in [0, 0.1) is 0 Å². The van der Waals surface area contributed by atoms with E-state index in [4.69, 9.17) is 8.85 Å². The number of nitrogens with zero attached hydrogens (tertiary/aromatic N) is 1. The van der Waals surface area contributed by atoms with Crippen LogP contribution in [-0.2, 0) is 8.85 Å². The first-order valence-electron chi connectivity index (χ1n) is 7.30. The van der Waals surface area contributed by atoms with Crippen LogP contribution in [0.25, 0.3) is 0 Å². The van der Waals surface area contributed by atoms with Gasteiger partial charge in [0.05, 0.1) is 5.73 Å². The van der Waals surface area contributed by atoms with Crippen molar-refractivity contribution in [3.05, 3.63) is 0 Å². The summed E-state index contributed by atoms with van der Waals surface area (Å²) in [4.78, 5) is 2.44. The third-order valence-electron chi connectivity index (χ3n) is 3.63. The molecule has 0 bridgehead atoms. The summed E-state index contributed by atoms with van der Waals surface area (Å²) in [5, 5.41) is 10.3. The first-order chi connectivity index (χ1) is 8.62. The minimum atomic E-state index is -2.41. The van der Waals surface area contributed by atoms with E-state index >= 15 is 0 Å². The largest absolute Gasteiger partial charge is 0.393 e. The third kappa shape index (κ3) is 4.97. The number of likely N-dealkylation sites (tertiary alicyclic amines) is 1. The summed E-state index contributed by atoms with van der Waals surface area (Å²) in [7, 11) is -2.41. The van der Waals surface area contributed by atoms with Crippen molar-refractivity contribution in [1.82, 2.24) is 4.90 Å². The molecule has 0 aliphatic carbocycles. The predicted molar refractivity (Wildman–Crippen MR) is 75.8 cm³/mol. The summed E-state index contributed by atoms with van der Waals surface area (Å²) < 4.78 is 11.4. The maximum Gasteiger partial charge on any atom is 0.364 e. The van der Waals surface area contributed by atoms with E-state index in [1.807, 2.05) is 20.4 Å². The smallest absolute Gasteiger partial charge is 0.364 e. The second kappa shape index (κ2) is 8.27. The molecule has 1 heterocycles. The minimum Gasteiger partial charge on any atom is -0.393 e. The topological polar surface area (TPSA) is 41.9 Å². The maximum atomic E-state index is 10.3. The van der Waals surface area contributed by atoms with E-state index in [1.54, 1.807) is 0 Å². The lowest BCUT2D eigenvalue weighted by atomic mass is 10.1. The highest BCUT2D eigenvalue weighted by molar-refractivity contribution is 6.67. The van der Waals surface area contributed by atoms with Gasteiger partial charge in [-0.3, -0.25) is 0 Å². The summed E-state index contributed by atoms with van der Waals surface area (Å²) in [6.45, 7) is 10.4. The molecule has 18 heavy (non-hydrogen) atoms. The highest BCUT2D eigenvalue weighted by Crippen LogP contribution is 2.17. The Balaban J connectivity index is 2.37. The molecule has 0 aromatic carbocycles. The molecule has 1 atom stereocenters. The lowest BCUT2D eigenvalue weighted by Crippen LogP contribution is -2.52. The zero-order valence-corrected chi connectivity index (χ0v) is 13.2. The Morgan fingerprint density at radius 3 is 2.17 bits per heavy atom. The molecule has 0 aromatic rings. The lowest BCUT2D eigenvalue weighted by Gasteiger charge is -2.33. The molecule has 1 rings (SSSR count). The van der Waals surface area contributed by atoms with Gasteiger partial charge in [0.1, 0.15) is 0 Å². The number of hydrogen-bond donors (Lipinski definition) is 1. The van der Waals surface area contributed by atoms with E-state index < -0.39 is 14.3 Å². The Morgan fingerprint density at radius 1 is 1.11 bits per heavy atom. The van der Waals surface area contributed by atoms with E-state index in [2.05, 4.69) is 4.90 Å². The molecule has 0 aromatic heterocycles. The van der Waals surface area contributed by atoms with Gasteiger partial charge in [-0.1, -0.05) is 6.42 Å². The van der Waals surface area contributed by atoms with Crippen molar-refractivity contribution in [2.75, 3.05) is 32.8 Å². The first-order valence-corrected chi connectivity index (χ1v) is 9.70. The van der Waals surface area contributed by atoms with Crippen LogP contribution in [-0.4, -0.2) is 57.1 Å². The summed E-state index contributed by atoms with van der Waals surface area (Å²) in [6.07, 6.45) is 4.70. The van der Waals surface area contributed by atoms with Crippen LogP contribution in [0.4, 0.5) is 0 Å². The fourth-order valence-electron chi connectivity index (χ4n) is 2.56. The lowest BCUT2D eigenvalue weighted by molar-refractivity contribution is 0.100. The molecule has 4 nitrogen and oxygen atoms in total. The molecule has 0 spiro atoms. The highest BCUT2D eigenvalue weighted by Gasteiger charge is 2.39. The Hall–Kier alpha value is 0.0569. The van der Waals surface area contributed by atoms with E-state index in [0.29, 0.717) is 13.2 Å². The summed E-state index contributed by atoms with van der Waals surface area (Å²) in [5.41, 5.74) is -0.431. The average Bonchev–Trinajstić information content (AvgIpc) is 2.37. The van der Waals surface area contributed by atoms with Crippen LogP contribution in [0.2, 0.25) is 6.55 Å². The maximum absolute atomic E-state index is 10.3. The van der Waals surface area contributed by atoms with Crippen LogP contribution < -0.4 is 0 Å². The van der Waals surface area contributed by atoms with Gasteiger partial charge in [-0.15, -0.1) is 0 Å². The molecular weight excluding hydrogens is 246 g/mol. The molecule has 0 radical (unpaired) electrons. The molecule has 1 unspecified atom stereocenters. The molecule has 108 valence electrons. The third-order valence-corrected chi connectivity index (χ3v) is 6.86. The van der Waals surface area contributed by atoms with Crippen molar-refractivity contribution in [2.24, 2.45) is 0 Å². The second-order valence-corrected chi connectivity index (χ2v) is 8.36. The van der Waals surface area contributed by atoms with Gasteiger partial charge in [0.25, 0.3) is 0 Å². The van der Waals surface area contributed by atoms with Gasteiger partial charge >= 0.3 is 8.56 Å². The normalized spacial score (nSPS) is 20.0. The molecular formula is C13H29NO3Si. The number of hydrogen-bond acceptors (Lipinski definition) is 4. The van der Waals surface area contributed by atoms with Gasteiger partial charge < -0.3 is 18.9 Å². The number of aliphatic hydroxyl groups excluding tert-OH is 1. The average molecular weight is 275 g/mol. The summed E-state index contributed by atoms with van der Waals surface area (Å²) in [5.74, 6) is 0. The van der Waals surface area contributed by atoms with Crippen molar-refractivity contribution < 1.29 is 14.0 Å². The van der Waals surface area contributed by atoms with Gasteiger partial charge in [-0.05, 0) is 52.7 Å². The van der Waals surface area contributed by atoms with Crippen molar-refractivity contribution in [3.8, 4) is 0 Å². The first kappa shape index (κ1) is 16.1. The number of rotatable bonds is 8. The van der Waals surface area contributed by atoms with Crippen LogP contribution in [0.1, 0.15) is 39.5 Å². The van der Waals surface area contributed by atoms with Crippen LogP contribution >= 0.6 is 0 Å². The number of aliphatic hydroxyl groups is 1. The van der Waals surface area contributed by atoms with Crippen LogP contribution in [0.5, 0.6) is 0 Å². The van der Waals surface area contributed by atoms with Crippen molar-refractivity contribution in [2.45, 2.75) is 51.8 Å². The van der Waals surface area contributed by atoms with Gasteiger partial charge in [0, 0.05) is 19.8 Å². The highest BCUT2D eigenvalue weighted by atomic mass is 28.4. The Kier molecular flexibility index (Phi) is 7.40. The molecule has 1 saturated heterocycles. The minimum absolute atomic E-state index is 0.431. The molecule has 1 fully saturated rings. The second-order valence-electron chi connectivity index (χ2n) is 5.09. The Bertz CT molecular complexity index is 216. The quantitative estimate of drug-likeness (QED) is 0.687. The van der Waals surface area contributed by atoms with Gasteiger partial charge in [0.2, 0.25) is 0 Å². The van der Waals surface area contributed by atoms with Gasteiger partial charge in [0.15, 0.2) is 0 Å². The molecule has 5 heteroatoms. The van der Waals surface area contributed by atoms with E-state index in [0.717, 1.165) is 13.0 Å². The fraction of sp³-hybridized carbons (Fsp3) is 1.00. The van der Waals surface area contributed by atoms with Crippen molar-refractivity contribution >= 4 is 8.56 Å². The SMILES string of the molecule is CCO[Si](C)(OCC)C(O)CCN1CCCCC1. The van der Waals surface area contributed by atoms with Crippen LogP contribution in [0.3, 0.4) is 0 Å². The molecule has 0 amide bonds. The van der Waals surface area contributed by atoms with Crippen molar-refractivity contribution in [3.63, 3.8) is 0 Å². The number of piperidine rings is 1. The Labute approximate surface area is 113 Å². The Morgan fingerprint density at radius 2 is 1.67 bits per heavy atom. The van der Waals surface area contributed by atoms with Crippen LogP contribution in [0.15, 0.2) is 0 Å². The molecule has 1 N–H and O–H groups in total. The zero-order valence-electron chi connectivity index (χ0n) is 12.2. The molecule has 1 aliphatic heterocycles.